The van der Waals surface area contributed by atoms with Crippen molar-refractivity contribution in [1.29, 1.82) is 0 Å². The number of carbonyl (C=O) groups excluding carboxylic acids is 2. The third kappa shape index (κ3) is 5.17. The summed E-state index contributed by atoms with van der Waals surface area (Å²) in [7, 11) is 0. The van der Waals surface area contributed by atoms with Crippen LogP contribution >= 0.6 is 22.9 Å². The number of halogens is 1. The van der Waals surface area contributed by atoms with Crippen LogP contribution in [0.15, 0.2) is 24.3 Å². The lowest BCUT2D eigenvalue weighted by molar-refractivity contribution is -0.122. The van der Waals surface area contributed by atoms with Crippen LogP contribution in [0.3, 0.4) is 0 Å². The summed E-state index contributed by atoms with van der Waals surface area (Å²) < 4.78 is 0. The molecule has 0 saturated carbocycles. The molecule has 1 aliphatic heterocycles. The molecule has 7 heteroatoms. The summed E-state index contributed by atoms with van der Waals surface area (Å²) in [6, 6.07) is 7.70. The maximum atomic E-state index is 12.5. The molecule has 1 unspecified atom stereocenters. The zero-order chi connectivity index (χ0) is 20.3. The van der Waals surface area contributed by atoms with Gasteiger partial charge in [-0.05, 0) is 62.6 Å². The largest absolute Gasteiger partial charge is 0.350 e. The molecule has 2 aliphatic rings. The SMILES string of the molecule is O=C(CCC1(Cc2ccc(Cl)cc2)CCC(=O)N1)NCc1nc2c(s1)CCCC2. The highest BCUT2D eigenvalue weighted by Crippen LogP contribution is 2.30. The van der Waals surface area contributed by atoms with Crippen LogP contribution in [-0.2, 0) is 35.4 Å². The zero-order valence-electron chi connectivity index (χ0n) is 16.4. The van der Waals surface area contributed by atoms with Gasteiger partial charge in [0.2, 0.25) is 11.8 Å². The average molecular weight is 432 g/mol. The van der Waals surface area contributed by atoms with Crippen molar-refractivity contribution in [2.24, 2.45) is 0 Å². The Bertz CT molecular complexity index is 872. The van der Waals surface area contributed by atoms with E-state index >= 15 is 0 Å². The monoisotopic (exact) mass is 431 g/mol. The first-order chi connectivity index (χ1) is 14.0. The fraction of sp³-hybridized carbons (Fsp3) is 0.500. The minimum atomic E-state index is -0.359. The number of benzene rings is 1. The zero-order valence-corrected chi connectivity index (χ0v) is 18.0. The van der Waals surface area contributed by atoms with E-state index in [0.29, 0.717) is 37.3 Å². The smallest absolute Gasteiger partial charge is 0.220 e. The molecule has 2 amide bonds. The summed E-state index contributed by atoms with van der Waals surface area (Å²) >= 11 is 7.71. The van der Waals surface area contributed by atoms with E-state index in [4.69, 9.17) is 11.6 Å². The summed E-state index contributed by atoms with van der Waals surface area (Å²) in [4.78, 5) is 30.5. The molecule has 2 aromatic rings. The van der Waals surface area contributed by atoms with Gasteiger partial charge in [-0.3, -0.25) is 9.59 Å². The Morgan fingerprint density at radius 3 is 2.72 bits per heavy atom. The van der Waals surface area contributed by atoms with Crippen molar-refractivity contribution in [2.75, 3.05) is 0 Å². The van der Waals surface area contributed by atoms with Crippen molar-refractivity contribution >= 4 is 34.8 Å². The summed E-state index contributed by atoms with van der Waals surface area (Å²) in [5.74, 6) is 0.0718. The third-order valence-electron chi connectivity index (χ3n) is 5.85. The van der Waals surface area contributed by atoms with Crippen LogP contribution in [0.5, 0.6) is 0 Å². The molecule has 2 heterocycles. The highest BCUT2D eigenvalue weighted by molar-refractivity contribution is 7.11. The molecule has 1 aromatic carbocycles. The summed E-state index contributed by atoms with van der Waals surface area (Å²) in [6.07, 6.45) is 7.62. The number of aromatic nitrogens is 1. The van der Waals surface area contributed by atoms with E-state index in [1.807, 2.05) is 24.3 Å². The highest BCUT2D eigenvalue weighted by Gasteiger charge is 2.37. The van der Waals surface area contributed by atoms with Gasteiger partial charge in [-0.25, -0.2) is 4.98 Å². The van der Waals surface area contributed by atoms with Gasteiger partial charge in [0, 0.05) is 28.3 Å². The van der Waals surface area contributed by atoms with E-state index in [-0.39, 0.29) is 17.4 Å². The van der Waals surface area contributed by atoms with Gasteiger partial charge in [0.1, 0.15) is 5.01 Å². The Morgan fingerprint density at radius 1 is 1.21 bits per heavy atom. The third-order valence-corrected chi connectivity index (χ3v) is 7.26. The van der Waals surface area contributed by atoms with Crippen molar-refractivity contribution in [2.45, 2.75) is 69.9 Å². The van der Waals surface area contributed by atoms with Crippen LogP contribution < -0.4 is 10.6 Å². The second-order valence-corrected chi connectivity index (χ2v) is 9.70. The number of nitrogens with zero attached hydrogens (tertiary/aromatic N) is 1. The number of nitrogens with one attached hydrogen (secondary N) is 2. The number of hydrogen-bond donors (Lipinski definition) is 2. The lowest BCUT2D eigenvalue weighted by atomic mass is 9.85. The molecule has 1 atom stereocenters. The Kier molecular flexibility index (Phi) is 6.20. The van der Waals surface area contributed by atoms with Crippen molar-refractivity contribution in [3.63, 3.8) is 0 Å². The minimum Gasteiger partial charge on any atom is -0.350 e. The summed E-state index contributed by atoms with van der Waals surface area (Å²) in [6.45, 7) is 0.493. The Morgan fingerprint density at radius 2 is 2.00 bits per heavy atom. The molecular formula is C22H26ClN3O2S. The van der Waals surface area contributed by atoms with Crippen LogP contribution in [0.25, 0.3) is 0 Å². The molecule has 1 fully saturated rings. The first-order valence-electron chi connectivity index (χ1n) is 10.3. The van der Waals surface area contributed by atoms with Crippen LogP contribution in [-0.4, -0.2) is 22.3 Å². The number of fused-ring (bicyclic) bond motifs is 1. The number of hydrogen-bond acceptors (Lipinski definition) is 4. The van der Waals surface area contributed by atoms with E-state index in [1.165, 1.54) is 23.4 Å². The molecule has 29 heavy (non-hydrogen) atoms. The number of thiazole rings is 1. The summed E-state index contributed by atoms with van der Waals surface area (Å²) in [5.41, 5.74) is 1.98. The fourth-order valence-electron chi connectivity index (χ4n) is 4.27. The van der Waals surface area contributed by atoms with Gasteiger partial charge in [0.15, 0.2) is 0 Å². The molecule has 5 nitrogen and oxygen atoms in total. The predicted molar refractivity (Wildman–Crippen MR) is 115 cm³/mol. The maximum absolute atomic E-state index is 12.5. The second-order valence-electron chi connectivity index (χ2n) is 8.09. The van der Waals surface area contributed by atoms with Gasteiger partial charge < -0.3 is 10.6 Å². The molecular weight excluding hydrogens is 406 g/mol. The van der Waals surface area contributed by atoms with Gasteiger partial charge in [-0.15, -0.1) is 11.3 Å². The first kappa shape index (κ1) is 20.4. The Labute approximate surface area is 180 Å². The predicted octanol–water partition coefficient (Wildman–Crippen LogP) is 3.96. The van der Waals surface area contributed by atoms with Gasteiger partial charge in [0.25, 0.3) is 0 Å². The van der Waals surface area contributed by atoms with E-state index in [2.05, 4.69) is 15.6 Å². The van der Waals surface area contributed by atoms with Gasteiger partial charge >= 0.3 is 0 Å². The van der Waals surface area contributed by atoms with Crippen LogP contribution in [0.1, 0.15) is 59.7 Å². The maximum Gasteiger partial charge on any atom is 0.220 e. The van der Waals surface area contributed by atoms with Gasteiger partial charge in [-0.2, -0.15) is 0 Å². The fourth-order valence-corrected chi connectivity index (χ4v) is 5.49. The Balaban J connectivity index is 1.32. The van der Waals surface area contributed by atoms with E-state index < -0.39 is 0 Å². The van der Waals surface area contributed by atoms with Crippen LogP contribution in [0, 0.1) is 0 Å². The number of amides is 2. The normalized spacial score (nSPS) is 20.9. The van der Waals surface area contributed by atoms with Crippen LogP contribution in [0.4, 0.5) is 0 Å². The van der Waals surface area contributed by atoms with E-state index in [1.54, 1.807) is 11.3 Å². The molecule has 4 rings (SSSR count). The van der Waals surface area contributed by atoms with Crippen molar-refractivity contribution in [3.8, 4) is 0 Å². The first-order valence-corrected chi connectivity index (χ1v) is 11.5. The molecule has 1 aromatic heterocycles. The van der Waals surface area contributed by atoms with Crippen molar-refractivity contribution in [3.05, 3.63) is 50.4 Å². The van der Waals surface area contributed by atoms with Crippen molar-refractivity contribution in [1.82, 2.24) is 15.6 Å². The standard InChI is InChI=1S/C22H26ClN3O2S/c23-16-7-5-15(6-8-16)13-22(12-10-20(28)26-22)11-9-19(27)24-14-21-25-17-3-1-2-4-18(17)29-21/h5-8H,1-4,9-14H2,(H,24,27)(H,26,28). The Hall–Kier alpha value is -1.92. The molecule has 1 saturated heterocycles. The minimum absolute atomic E-state index is 0.00908. The quantitative estimate of drug-likeness (QED) is 0.696. The molecule has 0 bridgehead atoms. The molecule has 0 spiro atoms. The van der Waals surface area contributed by atoms with Crippen LogP contribution in [0.2, 0.25) is 5.02 Å². The number of carbonyl (C=O) groups is 2. The molecule has 2 N–H and O–H groups in total. The van der Waals surface area contributed by atoms with Crippen molar-refractivity contribution < 1.29 is 9.59 Å². The lowest BCUT2D eigenvalue weighted by Crippen LogP contribution is -2.44. The van der Waals surface area contributed by atoms with E-state index in [9.17, 15) is 9.59 Å². The van der Waals surface area contributed by atoms with Gasteiger partial charge in [0.05, 0.1) is 12.2 Å². The van der Waals surface area contributed by atoms with E-state index in [0.717, 1.165) is 29.8 Å². The van der Waals surface area contributed by atoms with Gasteiger partial charge in [-0.1, -0.05) is 23.7 Å². The molecule has 0 radical (unpaired) electrons. The topological polar surface area (TPSA) is 71.1 Å². The number of rotatable bonds is 7. The average Bonchev–Trinajstić information content (AvgIpc) is 3.30. The molecule has 1 aliphatic carbocycles. The number of aryl methyl sites for hydroxylation is 2. The summed E-state index contributed by atoms with van der Waals surface area (Å²) in [5, 5.41) is 7.83. The second kappa shape index (κ2) is 8.84. The molecule has 154 valence electrons. The highest BCUT2D eigenvalue weighted by atomic mass is 35.5. The lowest BCUT2D eigenvalue weighted by Gasteiger charge is -2.29.